The van der Waals surface area contributed by atoms with Crippen molar-refractivity contribution in [3.63, 3.8) is 0 Å². The van der Waals surface area contributed by atoms with E-state index in [-0.39, 0.29) is 18.0 Å². The highest BCUT2D eigenvalue weighted by Crippen LogP contribution is 2.15. The number of hydrogen-bond acceptors (Lipinski definition) is 7. The zero-order valence-corrected chi connectivity index (χ0v) is 13.4. The Balaban J connectivity index is 1.63. The second kappa shape index (κ2) is 7.00. The van der Waals surface area contributed by atoms with E-state index < -0.39 is 11.6 Å². The predicted octanol–water partition coefficient (Wildman–Crippen LogP) is 1.58. The maximum absolute atomic E-state index is 11.9. The van der Waals surface area contributed by atoms with Crippen LogP contribution in [0.4, 0.5) is 0 Å². The van der Waals surface area contributed by atoms with Gasteiger partial charge in [-0.3, -0.25) is 14.4 Å². The molecule has 2 heterocycles. The standard InChI is InChI=1S/C17H14N4O4/c1-10(22)13-4-2-11(3-5-13)6-12-7-14(25-9-12)8-15(23)16(24)17-18-20-21-19-17/h2-5,7,9H,6,8H2,1H3,(H,18,19,20,21). The van der Waals surface area contributed by atoms with Crippen molar-refractivity contribution in [1.29, 1.82) is 0 Å². The first-order chi connectivity index (χ1) is 12.0. The van der Waals surface area contributed by atoms with Crippen LogP contribution in [0.1, 0.15) is 44.8 Å². The van der Waals surface area contributed by atoms with Crippen LogP contribution in [0.15, 0.2) is 41.0 Å². The number of nitrogens with one attached hydrogen (secondary N) is 1. The molecule has 0 amide bonds. The highest BCUT2D eigenvalue weighted by molar-refractivity contribution is 6.42. The number of rotatable bonds is 7. The number of H-pyrrole nitrogens is 1. The first-order valence-electron chi connectivity index (χ1n) is 7.50. The van der Waals surface area contributed by atoms with Crippen molar-refractivity contribution in [2.75, 3.05) is 0 Å². The smallest absolute Gasteiger partial charge is 0.269 e. The molecule has 0 saturated heterocycles. The number of carbonyl (C=O) groups is 3. The minimum atomic E-state index is -0.813. The summed E-state index contributed by atoms with van der Waals surface area (Å²) in [7, 11) is 0. The van der Waals surface area contributed by atoms with Crippen LogP contribution in [0.25, 0.3) is 0 Å². The van der Waals surface area contributed by atoms with Crippen molar-refractivity contribution >= 4 is 17.3 Å². The third-order valence-electron chi connectivity index (χ3n) is 3.61. The van der Waals surface area contributed by atoms with Crippen LogP contribution in [0.5, 0.6) is 0 Å². The summed E-state index contributed by atoms with van der Waals surface area (Å²) in [5.41, 5.74) is 2.53. The Hall–Kier alpha value is -3.42. The molecule has 0 spiro atoms. The van der Waals surface area contributed by atoms with E-state index in [1.54, 1.807) is 24.5 Å². The van der Waals surface area contributed by atoms with E-state index in [1.165, 1.54) is 6.92 Å². The summed E-state index contributed by atoms with van der Waals surface area (Å²) in [5, 5.41) is 12.3. The molecule has 0 unspecified atom stereocenters. The van der Waals surface area contributed by atoms with Gasteiger partial charge in [0.05, 0.1) is 12.7 Å². The second-order valence-corrected chi connectivity index (χ2v) is 5.52. The molecule has 8 nitrogen and oxygen atoms in total. The molecule has 1 aromatic carbocycles. The van der Waals surface area contributed by atoms with Gasteiger partial charge in [0.25, 0.3) is 5.78 Å². The zero-order chi connectivity index (χ0) is 17.8. The Kier molecular flexibility index (Phi) is 4.60. The predicted molar refractivity (Wildman–Crippen MR) is 85.2 cm³/mol. The number of nitrogens with zero attached hydrogens (tertiary/aromatic N) is 3. The summed E-state index contributed by atoms with van der Waals surface area (Å²) >= 11 is 0. The third-order valence-corrected chi connectivity index (χ3v) is 3.61. The SMILES string of the molecule is CC(=O)c1ccc(Cc2coc(CC(=O)C(=O)c3nn[nH]n3)c2)cc1. The maximum atomic E-state index is 11.9. The molecule has 0 aliphatic rings. The minimum Gasteiger partial charge on any atom is -0.469 e. The van der Waals surface area contributed by atoms with Crippen LogP contribution in [0, 0.1) is 0 Å². The molecule has 1 N–H and O–H groups in total. The average molecular weight is 338 g/mol. The number of carbonyl (C=O) groups excluding carboxylic acids is 3. The van der Waals surface area contributed by atoms with Gasteiger partial charge in [-0.25, -0.2) is 0 Å². The van der Waals surface area contributed by atoms with Gasteiger partial charge in [-0.05, 0) is 29.3 Å². The number of tetrazole rings is 1. The highest BCUT2D eigenvalue weighted by atomic mass is 16.3. The zero-order valence-electron chi connectivity index (χ0n) is 13.4. The number of Topliss-reactive ketones (excluding diaryl/α,β-unsaturated/α-hetero) is 3. The molecule has 0 saturated carbocycles. The summed E-state index contributed by atoms with van der Waals surface area (Å²) in [6.45, 7) is 1.52. The van der Waals surface area contributed by atoms with Gasteiger partial charge in [0.2, 0.25) is 11.6 Å². The van der Waals surface area contributed by atoms with E-state index in [9.17, 15) is 14.4 Å². The van der Waals surface area contributed by atoms with E-state index >= 15 is 0 Å². The number of hydrogen-bond donors (Lipinski definition) is 1. The molecular formula is C17H14N4O4. The van der Waals surface area contributed by atoms with Crippen LogP contribution in [0.2, 0.25) is 0 Å². The van der Waals surface area contributed by atoms with E-state index in [2.05, 4.69) is 20.6 Å². The summed E-state index contributed by atoms with van der Waals surface area (Å²) in [6.07, 6.45) is 1.96. The van der Waals surface area contributed by atoms with Crippen LogP contribution in [-0.2, 0) is 17.6 Å². The van der Waals surface area contributed by atoms with Gasteiger partial charge in [-0.1, -0.05) is 24.3 Å². The fourth-order valence-electron chi connectivity index (χ4n) is 2.33. The van der Waals surface area contributed by atoms with Gasteiger partial charge in [0.15, 0.2) is 5.78 Å². The third kappa shape index (κ3) is 3.92. The van der Waals surface area contributed by atoms with Crippen LogP contribution in [0.3, 0.4) is 0 Å². The van der Waals surface area contributed by atoms with Crippen LogP contribution < -0.4 is 0 Å². The Labute approximate surface area is 142 Å². The molecule has 25 heavy (non-hydrogen) atoms. The lowest BCUT2D eigenvalue weighted by Gasteiger charge is -2.00. The van der Waals surface area contributed by atoms with E-state index in [4.69, 9.17) is 4.42 Å². The highest BCUT2D eigenvalue weighted by Gasteiger charge is 2.22. The molecule has 0 fully saturated rings. The van der Waals surface area contributed by atoms with E-state index in [1.807, 2.05) is 12.1 Å². The van der Waals surface area contributed by atoms with Crippen LogP contribution >= 0.6 is 0 Å². The van der Waals surface area contributed by atoms with Gasteiger partial charge in [-0.15, -0.1) is 10.2 Å². The first-order valence-corrected chi connectivity index (χ1v) is 7.50. The van der Waals surface area contributed by atoms with Crippen molar-refractivity contribution < 1.29 is 18.8 Å². The molecule has 3 aromatic rings. The fraction of sp³-hybridized carbons (Fsp3) is 0.176. The van der Waals surface area contributed by atoms with E-state index in [0.29, 0.717) is 17.7 Å². The van der Waals surface area contributed by atoms with Crippen molar-refractivity contribution in [2.24, 2.45) is 0 Å². The van der Waals surface area contributed by atoms with Gasteiger partial charge < -0.3 is 4.42 Å². The summed E-state index contributed by atoms with van der Waals surface area (Å²) in [4.78, 5) is 35.0. The summed E-state index contributed by atoms with van der Waals surface area (Å²) < 4.78 is 5.35. The molecule has 126 valence electrons. The molecule has 3 rings (SSSR count). The average Bonchev–Trinajstić information content (AvgIpc) is 3.27. The molecule has 0 aliphatic heterocycles. The quantitative estimate of drug-likeness (QED) is 0.513. The summed E-state index contributed by atoms with van der Waals surface area (Å²) in [6, 6.07) is 9.00. The number of benzene rings is 1. The molecule has 8 heteroatoms. The van der Waals surface area contributed by atoms with Gasteiger partial charge in [0, 0.05) is 12.0 Å². The number of aromatic amines is 1. The number of ketones is 3. The molecule has 0 bridgehead atoms. The monoisotopic (exact) mass is 338 g/mol. The molecule has 0 radical (unpaired) electrons. The molecular weight excluding hydrogens is 324 g/mol. The molecule has 2 aromatic heterocycles. The second-order valence-electron chi connectivity index (χ2n) is 5.52. The lowest BCUT2D eigenvalue weighted by Crippen LogP contribution is -2.18. The van der Waals surface area contributed by atoms with Gasteiger partial charge in [0.1, 0.15) is 5.76 Å². The Morgan fingerprint density at radius 1 is 1.12 bits per heavy atom. The number of furan rings is 1. The normalized spacial score (nSPS) is 10.6. The largest absolute Gasteiger partial charge is 0.469 e. The number of aromatic nitrogens is 4. The van der Waals surface area contributed by atoms with E-state index in [0.717, 1.165) is 11.1 Å². The topological polar surface area (TPSA) is 119 Å². The van der Waals surface area contributed by atoms with Crippen LogP contribution in [-0.4, -0.2) is 38.0 Å². The lowest BCUT2D eigenvalue weighted by molar-refractivity contribution is -0.114. The Bertz CT molecular complexity index is 911. The first kappa shape index (κ1) is 16.4. The minimum absolute atomic E-state index is 0.0157. The van der Waals surface area contributed by atoms with Gasteiger partial charge in [-0.2, -0.15) is 5.21 Å². The fourth-order valence-corrected chi connectivity index (χ4v) is 2.33. The van der Waals surface area contributed by atoms with Crippen molar-refractivity contribution in [3.05, 3.63) is 64.9 Å². The Morgan fingerprint density at radius 3 is 2.52 bits per heavy atom. The van der Waals surface area contributed by atoms with Gasteiger partial charge >= 0.3 is 0 Å². The Morgan fingerprint density at radius 2 is 1.88 bits per heavy atom. The lowest BCUT2D eigenvalue weighted by atomic mass is 10.0. The maximum Gasteiger partial charge on any atom is 0.269 e. The van der Waals surface area contributed by atoms with Crippen molar-refractivity contribution in [3.8, 4) is 0 Å². The summed E-state index contributed by atoms with van der Waals surface area (Å²) in [5.74, 6) is -1.35. The molecule has 0 atom stereocenters. The van der Waals surface area contributed by atoms with Crippen molar-refractivity contribution in [1.82, 2.24) is 20.6 Å². The molecule has 0 aliphatic carbocycles. The van der Waals surface area contributed by atoms with Crippen molar-refractivity contribution in [2.45, 2.75) is 19.8 Å².